The van der Waals surface area contributed by atoms with Crippen molar-refractivity contribution in [2.45, 2.75) is 25.4 Å². The highest BCUT2D eigenvalue weighted by Gasteiger charge is 2.46. The maximum Gasteiger partial charge on any atom is 0.250 e. The van der Waals surface area contributed by atoms with Crippen LogP contribution in [-0.2, 0) is 16.0 Å². The van der Waals surface area contributed by atoms with Gasteiger partial charge in [0.2, 0.25) is 11.8 Å². The first-order chi connectivity index (χ1) is 8.11. The second-order valence-electron chi connectivity index (χ2n) is 4.68. The molecule has 0 unspecified atom stereocenters. The number of rotatable bonds is 0. The predicted octanol–water partition coefficient (Wildman–Crippen LogP) is 0.805. The van der Waals surface area contributed by atoms with Crippen LogP contribution in [-0.4, -0.2) is 35.8 Å². The van der Waals surface area contributed by atoms with E-state index in [0.29, 0.717) is 6.42 Å². The second kappa shape index (κ2) is 3.32. The SMILES string of the molecule is C[C@H]1C(=O)N2c3ccccc3C[C@H]2C(=O)N1C. The van der Waals surface area contributed by atoms with Crippen molar-refractivity contribution in [3.05, 3.63) is 29.8 Å². The summed E-state index contributed by atoms with van der Waals surface area (Å²) in [5.74, 6) is 0.0513. The van der Waals surface area contributed by atoms with E-state index < -0.39 is 0 Å². The zero-order chi connectivity index (χ0) is 12.2. The number of amides is 2. The molecular formula is C13H14N2O2. The first-order valence-corrected chi connectivity index (χ1v) is 5.79. The van der Waals surface area contributed by atoms with Crippen molar-refractivity contribution in [2.24, 2.45) is 0 Å². The molecule has 17 heavy (non-hydrogen) atoms. The van der Waals surface area contributed by atoms with Gasteiger partial charge in [-0.25, -0.2) is 0 Å². The zero-order valence-electron chi connectivity index (χ0n) is 9.88. The molecule has 2 aliphatic heterocycles. The number of fused-ring (bicyclic) bond motifs is 3. The highest BCUT2D eigenvalue weighted by atomic mass is 16.2. The maximum atomic E-state index is 12.3. The highest BCUT2D eigenvalue weighted by molar-refractivity contribution is 6.10. The van der Waals surface area contributed by atoms with E-state index in [1.165, 1.54) is 0 Å². The number of hydrogen-bond acceptors (Lipinski definition) is 2. The summed E-state index contributed by atoms with van der Waals surface area (Å²) >= 11 is 0. The maximum absolute atomic E-state index is 12.3. The van der Waals surface area contributed by atoms with Crippen molar-refractivity contribution in [3.63, 3.8) is 0 Å². The molecule has 0 aromatic heterocycles. The fraction of sp³-hybridized carbons (Fsp3) is 0.385. The molecule has 4 nitrogen and oxygen atoms in total. The summed E-state index contributed by atoms with van der Waals surface area (Å²) in [5, 5.41) is 0. The number of para-hydroxylation sites is 1. The molecule has 1 saturated heterocycles. The van der Waals surface area contributed by atoms with Crippen molar-refractivity contribution in [3.8, 4) is 0 Å². The normalized spacial score (nSPS) is 27.2. The topological polar surface area (TPSA) is 40.6 Å². The zero-order valence-corrected chi connectivity index (χ0v) is 9.88. The van der Waals surface area contributed by atoms with Crippen LogP contribution in [0.1, 0.15) is 12.5 Å². The molecule has 1 aromatic carbocycles. The average Bonchev–Trinajstić information content (AvgIpc) is 2.73. The molecule has 2 aliphatic rings. The average molecular weight is 230 g/mol. The van der Waals surface area contributed by atoms with Gasteiger partial charge in [-0.05, 0) is 18.6 Å². The lowest BCUT2D eigenvalue weighted by atomic mass is 10.1. The smallest absolute Gasteiger partial charge is 0.250 e. The van der Waals surface area contributed by atoms with Gasteiger partial charge >= 0.3 is 0 Å². The molecule has 4 heteroatoms. The van der Waals surface area contributed by atoms with E-state index in [1.807, 2.05) is 24.3 Å². The van der Waals surface area contributed by atoms with Gasteiger partial charge in [0.15, 0.2) is 0 Å². The molecule has 3 rings (SSSR count). The summed E-state index contributed by atoms with van der Waals surface area (Å²) < 4.78 is 0. The Bertz CT molecular complexity index is 512. The molecule has 1 fully saturated rings. The minimum atomic E-state index is -0.370. The van der Waals surface area contributed by atoms with Gasteiger partial charge in [-0.3, -0.25) is 14.5 Å². The van der Waals surface area contributed by atoms with E-state index in [1.54, 1.807) is 23.8 Å². The number of hydrogen-bond donors (Lipinski definition) is 0. The molecule has 2 amide bonds. The van der Waals surface area contributed by atoms with Crippen LogP contribution in [0.25, 0.3) is 0 Å². The molecule has 0 radical (unpaired) electrons. The monoisotopic (exact) mass is 230 g/mol. The van der Waals surface area contributed by atoms with E-state index in [9.17, 15) is 9.59 Å². The number of piperazine rings is 1. The van der Waals surface area contributed by atoms with Crippen LogP contribution < -0.4 is 4.90 Å². The third-order valence-corrected chi connectivity index (χ3v) is 3.78. The van der Waals surface area contributed by atoms with Gasteiger partial charge in [0.05, 0.1) is 0 Å². The van der Waals surface area contributed by atoms with Crippen molar-refractivity contribution < 1.29 is 9.59 Å². The highest BCUT2D eigenvalue weighted by Crippen LogP contribution is 2.35. The summed E-state index contributed by atoms with van der Waals surface area (Å²) in [7, 11) is 1.70. The Kier molecular flexibility index (Phi) is 2.02. The summed E-state index contributed by atoms with van der Waals surface area (Å²) in [5.41, 5.74) is 1.98. The molecule has 0 N–H and O–H groups in total. The van der Waals surface area contributed by atoms with E-state index in [2.05, 4.69) is 0 Å². The van der Waals surface area contributed by atoms with Gasteiger partial charge in [-0.1, -0.05) is 18.2 Å². The van der Waals surface area contributed by atoms with Gasteiger partial charge in [0.1, 0.15) is 12.1 Å². The molecule has 0 aliphatic carbocycles. The summed E-state index contributed by atoms with van der Waals surface area (Å²) in [6.45, 7) is 1.78. The standard InChI is InChI=1S/C13H14N2O2/c1-8-12(16)15-10-6-4-3-5-9(10)7-11(15)13(17)14(8)2/h3-6,8,11H,7H2,1-2H3/t8-,11-/m0/s1. The molecule has 1 aromatic rings. The Balaban J connectivity index is 2.10. The fourth-order valence-electron chi connectivity index (χ4n) is 2.65. The van der Waals surface area contributed by atoms with E-state index in [0.717, 1.165) is 11.3 Å². The largest absolute Gasteiger partial charge is 0.332 e. The molecule has 0 bridgehead atoms. The van der Waals surface area contributed by atoms with Crippen molar-refractivity contribution in [1.82, 2.24) is 4.90 Å². The molecule has 88 valence electrons. The van der Waals surface area contributed by atoms with Gasteiger partial charge in [-0.2, -0.15) is 0 Å². The van der Waals surface area contributed by atoms with Crippen LogP contribution in [0.3, 0.4) is 0 Å². The fourth-order valence-corrected chi connectivity index (χ4v) is 2.65. The molecular weight excluding hydrogens is 216 g/mol. The van der Waals surface area contributed by atoms with Crippen LogP contribution in [0.15, 0.2) is 24.3 Å². The Morgan fingerprint density at radius 1 is 1.18 bits per heavy atom. The third-order valence-electron chi connectivity index (χ3n) is 3.78. The van der Waals surface area contributed by atoms with E-state index in [4.69, 9.17) is 0 Å². The van der Waals surface area contributed by atoms with Crippen LogP contribution in [0, 0.1) is 0 Å². The molecule has 0 spiro atoms. The lowest BCUT2D eigenvalue weighted by Crippen LogP contribution is -2.61. The summed E-state index contributed by atoms with van der Waals surface area (Å²) in [6.07, 6.45) is 0.637. The van der Waals surface area contributed by atoms with Crippen molar-refractivity contribution in [1.29, 1.82) is 0 Å². The number of likely N-dealkylation sites (N-methyl/N-ethyl adjacent to an activating group) is 1. The predicted molar refractivity (Wildman–Crippen MR) is 63.7 cm³/mol. The van der Waals surface area contributed by atoms with Crippen LogP contribution >= 0.6 is 0 Å². The quantitative estimate of drug-likeness (QED) is 0.661. The third kappa shape index (κ3) is 1.24. The van der Waals surface area contributed by atoms with Gasteiger partial charge in [-0.15, -0.1) is 0 Å². The van der Waals surface area contributed by atoms with Crippen molar-refractivity contribution >= 4 is 17.5 Å². The Hall–Kier alpha value is -1.84. The Morgan fingerprint density at radius 3 is 2.65 bits per heavy atom. The minimum absolute atomic E-state index is 0.0158. The number of benzene rings is 1. The van der Waals surface area contributed by atoms with Gasteiger partial charge in [0, 0.05) is 19.2 Å². The van der Waals surface area contributed by atoms with Crippen LogP contribution in [0.2, 0.25) is 0 Å². The molecule has 2 atom stereocenters. The summed E-state index contributed by atoms with van der Waals surface area (Å²) in [4.78, 5) is 27.6. The van der Waals surface area contributed by atoms with Crippen LogP contribution in [0.4, 0.5) is 5.69 Å². The first kappa shape index (κ1) is 10.3. The second-order valence-corrected chi connectivity index (χ2v) is 4.68. The number of nitrogens with zero attached hydrogens (tertiary/aromatic N) is 2. The van der Waals surface area contributed by atoms with Gasteiger partial charge < -0.3 is 4.90 Å². The van der Waals surface area contributed by atoms with E-state index in [-0.39, 0.29) is 23.9 Å². The number of carbonyl (C=O) groups excluding carboxylic acids is 2. The van der Waals surface area contributed by atoms with Crippen molar-refractivity contribution in [2.75, 3.05) is 11.9 Å². The Morgan fingerprint density at radius 2 is 1.88 bits per heavy atom. The van der Waals surface area contributed by atoms with Crippen LogP contribution in [0.5, 0.6) is 0 Å². The number of anilines is 1. The number of carbonyl (C=O) groups is 2. The lowest BCUT2D eigenvalue weighted by Gasteiger charge is -2.39. The minimum Gasteiger partial charge on any atom is -0.332 e. The lowest BCUT2D eigenvalue weighted by molar-refractivity contribution is -0.143. The summed E-state index contributed by atoms with van der Waals surface area (Å²) in [6, 6.07) is 7.05. The first-order valence-electron chi connectivity index (χ1n) is 5.79. The Labute approximate surface area is 99.8 Å². The molecule has 0 saturated carbocycles. The van der Waals surface area contributed by atoms with E-state index >= 15 is 0 Å². The molecule has 2 heterocycles. The van der Waals surface area contributed by atoms with Gasteiger partial charge in [0.25, 0.3) is 0 Å².